The van der Waals surface area contributed by atoms with Crippen molar-refractivity contribution in [2.75, 3.05) is 4.90 Å². The number of carbonyl (C=O) groups is 5. The lowest BCUT2D eigenvalue weighted by Gasteiger charge is -2.16. The monoisotopic (exact) mass is 375 g/mol. The Morgan fingerprint density at radius 2 is 1.56 bits per heavy atom. The zero-order valence-electron chi connectivity index (χ0n) is 15.3. The van der Waals surface area contributed by atoms with Crippen LogP contribution in [-0.2, 0) is 19.1 Å². The fourth-order valence-electron chi connectivity index (χ4n) is 2.41. The third-order valence-electron chi connectivity index (χ3n) is 3.72. The molecule has 2 N–H and O–H groups in total. The number of amides is 5. The Balaban J connectivity index is 1.95. The summed E-state index contributed by atoms with van der Waals surface area (Å²) < 4.78 is 5.03. The summed E-state index contributed by atoms with van der Waals surface area (Å²) in [7, 11) is 0. The maximum atomic E-state index is 12.1. The van der Waals surface area contributed by atoms with Gasteiger partial charge in [0.25, 0.3) is 5.91 Å². The highest BCUT2D eigenvalue weighted by molar-refractivity contribution is 6.19. The van der Waals surface area contributed by atoms with Crippen LogP contribution in [0.3, 0.4) is 0 Å². The van der Waals surface area contributed by atoms with Crippen LogP contribution in [0.1, 0.15) is 44.0 Å². The van der Waals surface area contributed by atoms with E-state index in [9.17, 15) is 24.0 Å². The molecule has 0 aromatic heterocycles. The van der Waals surface area contributed by atoms with Gasteiger partial charge in [-0.2, -0.15) is 0 Å². The number of esters is 1. The van der Waals surface area contributed by atoms with Gasteiger partial charge in [-0.3, -0.25) is 24.6 Å². The molecular formula is C18H21N3O6. The molecule has 0 unspecified atom stereocenters. The molecule has 0 bridgehead atoms. The van der Waals surface area contributed by atoms with E-state index in [0.29, 0.717) is 5.69 Å². The smallest absolute Gasteiger partial charge is 0.338 e. The Kier molecular flexibility index (Phi) is 6.27. The highest BCUT2D eigenvalue weighted by Gasteiger charge is 2.30. The van der Waals surface area contributed by atoms with Crippen LogP contribution in [-0.4, -0.2) is 41.9 Å². The molecule has 1 aromatic carbocycles. The molecule has 144 valence electrons. The fourth-order valence-corrected chi connectivity index (χ4v) is 2.41. The van der Waals surface area contributed by atoms with Crippen molar-refractivity contribution >= 4 is 35.4 Å². The van der Waals surface area contributed by atoms with Crippen molar-refractivity contribution in [1.82, 2.24) is 10.6 Å². The second-order valence-corrected chi connectivity index (χ2v) is 6.33. The summed E-state index contributed by atoms with van der Waals surface area (Å²) in [5.41, 5.74) is 0.513. The average molecular weight is 375 g/mol. The van der Waals surface area contributed by atoms with Crippen molar-refractivity contribution < 1.29 is 28.7 Å². The van der Waals surface area contributed by atoms with E-state index in [1.807, 2.05) is 0 Å². The summed E-state index contributed by atoms with van der Waals surface area (Å²) >= 11 is 0. The zero-order valence-corrected chi connectivity index (χ0v) is 15.3. The molecule has 1 fully saturated rings. The van der Waals surface area contributed by atoms with Crippen molar-refractivity contribution in [3.63, 3.8) is 0 Å². The van der Waals surface area contributed by atoms with Crippen molar-refractivity contribution in [2.45, 2.75) is 45.8 Å². The first-order chi connectivity index (χ1) is 12.7. The van der Waals surface area contributed by atoms with E-state index in [1.165, 1.54) is 31.2 Å². The molecule has 1 heterocycles. The van der Waals surface area contributed by atoms with Gasteiger partial charge >= 0.3 is 12.0 Å². The highest BCUT2D eigenvalue weighted by Crippen LogP contribution is 2.23. The number of anilines is 1. The van der Waals surface area contributed by atoms with Gasteiger partial charge in [0.2, 0.25) is 11.8 Å². The number of hydrogen-bond acceptors (Lipinski definition) is 6. The third kappa shape index (κ3) is 5.13. The van der Waals surface area contributed by atoms with E-state index in [1.54, 1.807) is 13.8 Å². The summed E-state index contributed by atoms with van der Waals surface area (Å²) in [6, 6.07) is 4.88. The van der Waals surface area contributed by atoms with E-state index < -0.39 is 24.0 Å². The Morgan fingerprint density at radius 1 is 1.00 bits per heavy atom. The first-order valence-electron chi connectivity index (χ1n) is 8.47. The molecule has 1 saturated heterocycles. The fraction of sp³-hybridized carbons (Fsp3) is 0.389. The van der Waals surface area contributed by atoms with Crippen LogP contribution in [0.25, 0.3) is 0 Å². The molecule has 1 aliphatic heterocycles. The van der Waals surface area contributed by atoms with Crippen LogP contribution in [0.5, 0.6) is 0 Å². The molecular weight excluding hydrogens is 354 g/mol. The van der Waals surface area contributed by atoms with Crippen LogP contribution in [0.4, 0.5) is 10.5 Å². The Hall–Kier alpha value is -3.23. The van der Waals surface area contributed by atoms with E-state index in [0.717, 1.165) is 4.90 Å². The topological polar surface area (TPSA) is 122 Å². The maximum Gasteiger partial charge on any atom is 0.338 e. The second-order valence-electron chi connectivity index (χ2n) is 6.33. The van der Waals surface area contributed by atoms with E-state index in [4.69, 9.17) is 4.74 Å². The number of carbonyl (C=O) groups excluding carboxylic acids is 5. The number of urea groups is 1. The first-order valence-corrected chi connectivity index (χ1v) is 8.47. The third-order valence-corrected chi connectivity index (χ3v) is 3.72. The predicted molar refractivity (Wildman–Crippen MR) is 94.9 cm³/mol. The molecule has 9 heteroatoms. The standard InChI is InChI=1S/C18H21N3O6/c1-10(2)19-18(26)20-16(24)11(3)27-17(25)12-4-6-13(7-5-12)21-14(22)8-9-15(21)23/h4-7,10-11H,8-9H2,1-3H3,(H2,19,20,24,26)/t11-/m1/s1. The molecule has 5 amide bonds. The van der Waals surface area contributed by atoms with Crippen LogP contribution >= 0.6 is 0 Å². The van der Waals surface area contributed by atoms with Crippen molar-refractivity contribution in [2.24, 2.45) is 0 Å². The van der Waals surface area contributed by atoms with Crippen LogP contribution in [0.15, 0.2) is 24.3 Å². The maximum absolute atomic E-state index is 12.1. The Labute approximate surface area is 156 Å². The molecule has 1 aliphatic rings. The molecule has 0 radical (unpaired) electrons. The number of benzene rings is 1. The molecule has 9 nitrogen and oxygen atoms in total. The molecule has 0 saturated carbocycles. The van der Waals surface area contributed by atoms with Gasteiger partial charge in [-0.25, -0.2) is 9.59 Å². The van der Waals surface area contributed by atoms with Gasteiger partial charge in [-0.1, -0.05) is 0 Å². The minimum atomic E-state index is -1.18. The SMILES string of the molecule is CC(C)NC(=O)NC(=O)[C@@H](C)OC(=O)c1ccc(N2C(=O)CCC2=O)cc1. The number of rotatable bonds is 5. The van der Waals surface area contributed by atoms with Crippen LogP contribution in [0.2, 0.25) is 0 Å². The number of nitrogens with one attached hydrogen (secondary N) is 2. The van der Waals surface area contributed by atoms with Crippen molar-refractivity contribution in [3.05, 3.63) is 29.8 Å². The zero-order chi connectivity index (χ0) is 20.1. The normalized spacial score (nSPS) is 14.9. The number of nitrogens with zero attached hydrogens (tertiary/aromatic N) is 1. The molecule has 27 heavy (non-hydrogen) atoms. The Morgan fingerprint density at radius 3 is 2.07 bits per heavy atom. The number of imide groups is 2. The van der Waals surface area contributed by atoms with E-state index in [-0.39, 0.29) is 36.3 Å². The van der Waals surface area contributed by atoms with Gasteiger partial charge < -0.3 is 10.1 Å². The molecule has 1 atom stereocenters. The Bertz CT molecular complexity index is 756. The minimum Gasteiger partial charge on any atom is -0.449 e. The second kappa shape index (κ2) is 8.43. The first kappa shape index (κ1) is 20.1. The van der Waals surface area contributed by atoms with Crippen LogP contribution < -0.4 is 15.5 Å². The molecule has 2 rings (SSSR count). The van der Waals surface area contributed by atoms with Gasteiger partial charge in [0.1, 0.15) is 0 Å². The molecule has 0 spiro atoms. The molecule has 0 aliphatic carbocycles. The van der Waals surface area contributed by atoms with Gasteiger partial charge in [0, 0.05) is 18.9 Å². The number of ether oxygens (including phenoxy) is 1. The van der Waals surface area contributed by atoms with Crippen molar-refractivity contribution in [3.8, 4) is 0 Å². The summed E-state index contributed by atoms with van der Waals surface area (Å²) in [5, 5.41) is 4.56. The van der Waals surface area contributed by atoms with E-state index >= 15 is 0 Å². The number of hydrogen-bond donors (Lipinski definition) is 2. The lowest BCUT2D eigenvalue weighted by atomic mass is 10.2. The van der Waals surface area contributed by atoms with Gasteiger partial charge in [0.05, 0.1) is 11.3 Å². The lowest BCUT2D eigenvalue weighted by Crippen LogP contribution is -2.46. The van der Waals surface area contributed by atoms with Gasteiger partial charge in [-0.15, -0.1) is 0 Å². The summed E-state index contributed by atoms with van der Waals surface area (Å²) in [6.07, 6.45) is -0.851. The minimum absolute atomic E-state index is 0.143. The quantitative estimate of drug-likeness (QED) is 0.587. The lowest BCUT2D eigenvalue weighted by molar-refractivity contribution is -0.128. The summed E-state index contributed by atoms with van der Waals surface area (Å²) in [5.74, 6) is -2.11. The summed E-state index contributed by atoms with van der Waals surface area (Å²) in [6.45, 7) is 4.81. The van der Waals surface area contributed by atoms with Crippen LogP contribution in [0, 0.1) is 0 Å². The molecule has 1 aromatic rings. The largest absolute Gasteiger partial charge is 0.449 e. The van der Waals surface area contributed by atoms with Crippen molar-refractivity contribution in [1.29, 1.82) is 0 Å². The van der Waals surface area contributed by atoms with Gasteiger partial charge in [-0.05, 0) is 45.0 Å². The highest BCUT2D eigenvalue weighted by atomic mass is 16.5. The predicted octanol–water partition coefficient (Wildman–Crippen LogP) is 1.12. The van der Waals surface area contributed by atoms with Gasteiger partial charge in [0.15, 0.2) is 6.10 Å². The van der Waals surface area contributed by atoms with E-state index in [2.05, 4.69) is 10.6 Å². The average Bonchev–Trinajstić information content (AvgIpc) is 2.92. The summed E-state index contributed by atoms with van der Waals surface area (Å²) in [4.78, 5) is 60.0.